The van der Waals surface area contributed by atoms with Crippen LogP contribution >= 0.6 is 12.4 Å². The van der Waals surface area contributed by atoms with Gasteiger partial charge in [0.25, 0.3) is 0 Å². The molecule has 0 fully saturated rings. The van der Waals surface area contributed by atoms with E-state index in [9.17, 15) is 4.79 Å². The quantitative estimate of drug-likeness (QED) is 0.861. The molecule has 0 aromatic heterocycles. The number of rotatable bonds is 5. The van der Waals surface area contributed by atoms with Crippen LogP contribution in [0.4, 0.5) is 0 Å². The van der Waals surface area contributed by atoms with Gasteiger partial charge in [0.1, 0.15) is 0 Å². The first kappa shape index (κ1) is 16.9. The molecule has 0 bridgehead atoms. The summed E-state index contributed by atoms with van der Waals surface area (Å²) in [7, 11) is 0. The topological polar surface area (TPSA) is 55.1 Å². The summed E-state index contributed by atoms with van der Waals surface area (Å²) in [6, 6.07) is 9.85. The minimum Gasteiger partial charge on any atom is -0.354 e. The van der Waals surface area contributed by atoms with Gasteiger partial charge in [-0.05, 0) is 24.3 Å². The molecule has 0 saturated carbocycles. The monoisotopic (exact) mass is 270 g/mol. The normalized spacial score (nSPS) is 12.4. The summed E-state index contributed by atoms with van der Waals surface area (Å²) in [6.07, 6.45) is 0.938. The van der Waals surface area contributed by atoms with Crippen molar-refractivity contribution in [2.75, 3.05) is 6.54 Å². The fraction of sp³-hybridized carbons (Fsp3) is 0.500. The predicted octanol–water partition coefficient (Wildman–Crippen LogP) is 2.14. The molecular weight excluding hydrogens is 248 g/mol. The zero-order valence-electron chi connectivity index (χ0n) is 11.3. The highest BCUT2D eigenvalue weighted by molar-refractivity contribution is 5.85. The molecule has 1 aromatic carbocycles. The number of nitrogens with one attached hydrogen (secondary N) is 1. The lowest BCUT2D eigenvalue weighted by molar-refractivity contribution is -0.122. The summed E-state index contributed by atoms with van der Waals surface area (Å²) in [5, 5.41) is 2.88. The second-order valence-electron chi connectivity index (χ2n) is 5.33. The maximum Gasteiger partial charge on any atom is 0.236 e. The Balaban J connectivity index is 0.00000289. The largest absolute Gasteiger partial charge is 0.354 e. The molecule has 0 aliphatic rings. The minimum absolute atomic E-state index is 0. The van der Waals surface area contributed by atoms with E-state index >= 15 is 0 Å². The second-order valence-corrected chi connectivity index (χ2v) is 5.33. The average molecular weight is 271 g/mol. The molecule has 0 radical (unpaired) electrons. The number of benzene rings is 1. The fourth-order valence-electron chi connectivity index (χ4n) is 1.70. The number of nitrogens with two attached hydrogens (primary N) is 1. The smallest absolute Gasteiger partial charge is 0.236 e. The lowest BCUT2D eigenvalue weighted by atomic mass is 9.85. The van der Waals surface area contributed by atoms with E-state index in [-0.39, 0.29) is 23.7 Å². The second kappa shape index (κ2) is 7.39. The Kier molecular flexibility index (Phi) is 6.96. The first-order chi connectivity index (χ1) is 7.91. The number of hydrogen-bond acceptors (Lipinski definition) is 2. The van der Waals surface area contributed by atoms with Gasteiger partial charge in [-0.1, -0.05) is 44.2 Å². The molecule has 3 nitrogen and oxygen atoms in total. The standard InChI is InChI=1S/C14H22N2O.ClH/c1-11(15)13(17)16-10-14(2,3)9-12-7-5-4-6-8-12;/h4-8,11H,9-10,15H2,1-3H3,(H,16,17);1H/t11-;/m1./s1. The van der Waals surface area contributed by atoms with Crippen molar-refractivity contribution >= 4 is 18.3 Å². The third-order valence-corrected chi connectivity index (χ3v) is 2.68. The van der Waals surface area contributed by atoms with E-state index in [4.69, 9.17) is 5.73 Å². The van der Waals surface area contributed by atoms with Crippen molar-refractivity contribution in [2.45, 2.75) is 33.2 Å². The summed E-state index contributed by atoms with van der Waals surface area (Å²) in [5.74, 6) is -0.0915. The van der Waals surface area contributed by atoms with Gasteiger partial charge in [-0.3, -0.25) is 4.79 Å². The number of hydrogen-bond donors (Lipinski definition) is 2. The first-order valence-electron chi connectivity index (χ1n) is 5.98. The lowest BCUT2D eigenvalue weighted by Gasteiger charge is -2.25. The van der Waals surface area contributed by atoms with Crippen molar-refractivity contribution in [3.8, 4) is 0 Å². The van der Waals surface area contributed by atoms with Crippen molar-refractivity contribution < 1.29 is 4.79 Å². The Bertz CT molecular complexity index is 363. The van der Waals surface area contributed by atoms with E-state index in [0.717, 1.165) is 6.42 Å². The third kappa shape index (κ3) is 6.03. The Labute approximate surface area is 116 Å². The van der Waals surface area contributed by atoms with E-state index in [0.29, 0.717) is 6.54 Å². The third-order valence-electron chi connectivity index (χ3n) is 2.68. The summed E-state index contributed by atoms with van der Waals surface area (Å²) >= 11 is 0. The lowest BCUT2D eigenvalue weighted by Crippen LogP contribution is -2.43. The van der Waals surface area contributed by atoms with Gasteiger partial charge in [0, 0.05) is 6.54 Å². The number of halogens is 1. The molecule has 1 aromatic rings. The Hall–Kier alpha value is -1.06. The Morgan fingerprint density at radius 1 is 1.33 bits per heavy atom. The number of amides is 1. The maximum absolute atomic E-state index is 11.4. The van der Waals surface area contributed by atoms with Crippen molar-refractivity contribution in [3.05, 3.63) is 35.9 Å². The van der Waals surface area contributed by atoms with Gasteiger partial charge in [0.15, 0.2) is 0 Å². The van der Waals surface area contributed by atoms with E-state index in [1.807, 2.05) is 18.2 Å². The van der Waals surface area contributed by atoms with Crippen molar-refractivity contribution in [1.82, 2.24) is 5.32 Å². The van der Waals surface area contributed by atoms with Crippen LogP contribution in [0.1, 0.15) is 26.3 Å². The zero-order valence-corrected chi connectivity index (χ0v) is 12.1. The molecule has 1 rings (SSSR count). The molecule has 0 unspecified atom stereocenters. The highest BCUT2D eigenvalue weighted by atomic mass is 35.5. The molecule has 0 heterocycles. The molecule has 0 saturated heterocycles. The summed E-state index contributed by atoms with van der Waals surface area (Å²) < 4.78 is 0. The van der Waals surface area contributed by atoms with Gasteiger partial charge in [-0.2, -0.15) is 0 Å². The van der Waals surface area contributed by atoms with Crippen LogP contribution in [0.3, 0.4) is 0 Å². The Morgan fingerprint density at radius 2 is 1.89 bits per heavy atom. The minimum atomic E-state index is -0.442. The summed E-state index contributed by atoms with van der Waals surface area (Å²) in [5.41, 5.74) is 6.82. The molecule has 0 aliphatic heterocycles. The SMILES string of the molecule is C[C@@H](N)C(=O)NCC(C)(C)Cc1ccccc1.Cl. The molecule has 18 heavy (non-hydrogen) atoms. The molecule has 102 valence electrons. The van der Waals surface area contributed by atoms with Crippen LogP contribution < -0.4 is 11.1 Å². The van der Waals surface area contributed by atoms with Crippen LogP contribution in [0.15, 0.2) is 30.3 Å². The van der Waals surface area contributed by atoms with E-state index in [1.165, 1.54) is 5.56 Å². The fourth-order valence-corrected chi connectivity index (χ4v) is 1.70. The van der Waals surface area contributed by atoms with Crippen molar-refractivity contribution in [2.24, 2.45) is 11.1 Å². The van der Waals surface area contributed by atoms with E-state index in [1.54, 1.807) is 6.92 Å². The van der Waals surface area contributed by atoms with Gasteiger partial charge in [0.2, 0.25) is 5.91 Å². The average Bonchev–Trinajstić information content (AvgIpc) is 2.26. The van der Waals surface area contributed by atoms with E-state index < -0.39 is 6.04 Å². The van der Waals surface area contributed by atoms with E-state index in [2.05, 4.69) is 31.3 Å². The molecule has 0 aliphatic carbocycles. The number of carbonyl (C=O) groups excluding carboxylic acids is 1. The molecular formula is C14H23ClN2O. The van der Waals surface area contributed by atoms with Gasteiger partial charge in [-0.25, -0.2) is 0 Å². The highest BCUT2D eigenvalue weighted by Crippen LogP contribution is 2.20. The molecule has 1 atom stereocenters. The summed E-state index contributed by atoms with van der Waals surface area (Å²) in [4.78, 5) is 11.4. The molecule has 4 heteroatoms. The van der Waals surface area contributed by atoms with Crippen LogP contribution in [0, 0.1) is 5.41 Å². The van der Waals surface area contributed by atoms with Crippen LogP contribution in [-0.2, 0) is 11.2 Å². The van der Waals surface area contributed by atoms with Gasteiger partial charge in [0.05, 0.1) is 6.04 Å². The molecule has 0 spiro atoms. The number of carbonyl (C=O) groups is 1. The molecule has 3 N–H and O–H groups in total. The predicted molar refractivity (Wildman–Crippen MR) is 77.8 cm³/mol. The molecule has 1 amide bonds. The first-order valence-corrected chi connectivity index (χ1v) is 5.98. The van der Waals surface area contributed by atoms with Crippen LogP contribution in [-0.4, -0.2) is 18.5 Å². The highest BCUT2D eigenvalue weighted by Gasteiger charge is 2.20. The van der Waals surface area contributed by atoms with Gasteiger partial charge < -0.3 is 11.1 Å². The van der Waals surface area contributed by atoms with Crippen molar-refractivity contribution in [3.63, 3.8) is 0 Å². The summed E-state index contributed by atoms with van der Waals surface area (Å²) in [6.45, 7) is 6.62. The van der Waals surface area contributed by atoms with Gasteiger partial charge in [-0.15, -0.1) is 12.4 Å². The van der Waals surface area contributed by atoms with Crippen LogP contribution in [0.2, 0.25) is 0 Å². The van der Waals surface area contributed by atoms with Gasteiger partial charge >= 0.3 is 0 Å². The Morgan fingerprint density at radius 3 is 2.39 bits per heavy atom. The van der Waals surface area contributed by atoms with Crippen LogP contribution in [0.25, 0.3) is 0 Å². The van der Waals surface area contributed by atoms with Crippen molar-refractivity contribution in [1.29, 1.82) is 0 Å². The zero-order chi connectivity index (χ0) is 12.9. The maximum atomic E-state index is 11.4. The van der Waals surface area contributed by atoms with Crippen LogP contribution in [0.5, 0.6) is 0 Å².